The van der Waals surface area contributed by atoms with Crippen LogP contribution in [0.1, 0.15) is 50.4 Å². The van der Waals surface area contributed by atoms with Crippen LogP contribution in [-0.4, -0.2) is 29.3 Å². The zero-order valence-corrected chi connectivity index (χ0v) is 20.1. The molecule has 1 aliphatic heterocycles. The quantitative estimate of drug-likeness (QED) is 0.506. The van der Waals surface area contributed by atoms with Crippen molar-refractivity contribution in [1.29, 1.82) is 0 Å². The summed E-state index contributed by atoms with van der Waals surface area (Å²) >= 11 is 0. The number of nitrogens with one attached hydrogen (secondary N) is 2. The van der Waals surface area contributed by atoms with Crippen LogP contribution in [-0.2, 0) is 21.5 Å². The highest BCUT2D eigenvalue weighted by atomic mass is 16.2. The van der Waals surface area contributed by atoms with Gasteiger partial charge in [0.25, 0.3) is 5.91 Å². The fourth-order valence-corrected chi connectivity index (χ4v) is 4.61. The number of hydrogen-bond acceptors (Lipinski definition) is 3. The van der Waals surface area contributed by atoms with Gasteiger partial charge >= 0.3 is 6.03 Å². The Kier molecular flexibility index (Phi) is 6.42. The predicted molar refractivity (Wildman–Crippen MR) is 133 cm³/mol. The summed E-state index contributed by atoms with van der Waals surface area (Å²) in [7, 11) is 0. The van der Waals surface area contributed by atoms with Crippen LogP contribution in [0.15, 0.2) is 66.7 Å². The molecule has 0 saturated carbocycles. The third kappa shape index (κ3) is 4.53. The fourth-order valence-electron chi connectivity index (χ4n) is 4.61. The van der Waals surface area contributed by atoms with Crippen LogP contribution in [0, 0.1) is 5.92 Å². The van der Waals surface area contributed by atoms with Crippen molar-refractivity contribution in [3.8, 4) is 0 Å². The molecule has 0 spiro atoms. The molecule has 0 bridgehead atoms. The maximum Gasteiger partial charge on any atom is 0.325 e. The van der Waals surface area contributed by atoms with Gasteiger partial charge in [0, 0.05) is 0 Å². The van der Waals surface area contributed by atoms with Gasteiger partial charge in [-0.2, -0.15) is 0 Å². The van der Waals surface area contributed by atoms with Crippen LogP contribution in [0.4, 0.5) is 4.79 Å². The number of imide groups is 1. The first-order valence-corrected chi connectivity index (χ1v) is 11.7. The van der Waals surface area contributed by atoms with E-state index in [1.807, 2.05) is 61.5 Å². The Morgan fingerprint density at radius 3 is 2.35 bits per heavy atom. The predicted octanol–water partition coefficient (Wildman–Crippen LogP) is 4.68. The van der Waals surface area contributed by atoms with Crippen molar-refractivity contribution in [2.45, 2.75) is 45.7 Å². The lowest BCUT2D eigenvalue weighted by Crippen LogP contribution is -2.43. The topological polar surface area (TPSA) is 78.5 Å². The molecule has 6 heteroatoms. The number of fused-ring (bicyclic) bond motifs is 1. The molecule has 176 valence electrons. The molecule has 4 amide bonds. The van der Waals surface area contributed by atoms with Crippen molar-refractivity contribution >= 4 is 28.6 Å². The minimum Gasteiger partial charge on any atom is -0.348 e. The lowest BCUT2D eigenvalue weighted by atomic mass is 9.88. The van der Waals surface area contributed by atoms with Gasteiger partial charge in [0.1, 0.15) is 12.1 Å². The number of rotatable bonds is 7. The second kappa shape index (κ2) is 9.29. The molecule has 1 fully saturated rings. The summed E-state index contributed by atoms with van der Waals surface area (Å²) in [5.74, 6) is -0.245. The van der Waals surface area contributed by atoms with Gasteiger partial charge in [-0.3, -0.25) is 14.5 Å². The minimum atomic E-state index is -1.24. The number of nitrogens with zero attached hydrogens (tertiary/aromatic N) is 1. The zero-order valence-electron chi connectivity index (χ0n) is 20.1. The molecule has 0 aromatic heterocycles. The van der Waals surface area contributed by atoms with Crippen LogP contribution in [0.5, 0.6) is 0 Å². The molecule has 1 saturated heterocycles. The molecule has 0 aliphatic carbocycles. The summed E-state index contributed by atoms with van der Waals surface area (Å²) in [4.78, 5) is 39.9. The summed E-state index contributed by atoms with van der Waals surface area (Å²) in [6.45, 7) is 7.60. The molecule has 4 rings (SSSR count). The Hall–Kier alpha value is -3.67. The van der Waals surface area contributed by atoms with E-state index in [0.29, 0.717) is 11.5 Å². The summed E-state index contributed by atoms with van der Waals surface area (Å²) < 4.78 is 0. The van der Waals surface area contributed by atoms with E-state index in [0.717, 1.165) is 27.7 Å². The molecule has 2 N–H and O–H groups in total. The van der Waals surface area contributed by atoms with Crippen molar-refractivity contribution < 1.29 is 14.4 Å². The van der Waals surface area contributed by atoms with Crippen molar-refractivity contribution in [3.63, 3.8) is 0 Å². The molecule has 0 radical (unpaired) electrons. The van der Waals surface area contributed by atoms with Crippen molar-refractivity contribution in [3.05, 3.63) is 83.4 Å². The number of benzene rings is 3. The number of amides is 4. The molecule has 34 heavy (non-hydrogen) atoms. The Morgan fingerprint density at radius 1 is 0.971 bits per heavy atom. The van der Waals surface area contributed by atoms with Gasteiger partial charge in [0.05, 0.1) is 6.04 Å². The maximum absolute atomic E-state index is 13.4. The highest BCUT2D eigenvalue weighted by Gasteiger charge is 2.50. The van der Waals surface area contributed by atoms with Crippen LogP contribution in [0.2, 0.25) is 0 Å². The Morgan fingerprint density at radius 2 is 1.65 bits per heavy atom. The summed E-state index contributed by atoms with van der Waals surface area (Å²) in [6, 6.07) is 20.7. The number of carbonyl (C=O) groups is 3. The molecule has 2 atom stereocenters. The normalized spacial score (nSPS) is 18.9. The number of carbonyl (C=O) groups excluding carboxylic acids is 3. The maximum atomic E-state index is 13.4. The fraction of sp³-hybridized carbons (Fsp3) is 0.321. The lowest BCUT2D eigenvalue weighted by molar-refractivity contribution is -0.135. The van der Waals surface area contributed by atoms with Gasteiger partial charge in [0.15, 0.2) is 0 Å². The van der Waals surface area contributed by atoms with E-state index in [9.17, 15) is 14.4 Å². The lowest BCUT2D eigenvalue weighted by Gasteiger charge is -2.24. The monoisotopic (exact) mass is 457 g/mol. The first-order valence-electron chi connectivity index (χ1n) is 11.7. The molecule has 6 nitrogen and oxygen atoms in total. The van der Waals surface area contributed by atoms with E-state index in [2.05, 4.69) is 36.6 Å². The van der Waals surface area contributed by atoms with Crippen LogP contribution >= 0.6 is 0 Å². The Labute approximate surface area is 200 Å². The van der Waals surface area contributed by atoms with Gasteiger partial charge in [-0.25, -0.2) is 4.79 Å². The van der Waals surface area contributed by atoms with Crippen molar-refractivity contribution in [2.75, 3.05) is 6.54 Å². The molecular weight excluding hydrogens is 426 g/mol. The van der Waals surface area contributed by atoms with Gasteiger partial charge in [-0.1, -0.05) is 80.6 Å². The summed E-state index contributed by atoms with van der Waals surface area (Å²) in [6.07, 6.45) is 1.00. The minimum absolute atomic E-state index is 0.245. The van der Waals surface area contributed by atoms with Gasteiger partial charge in [0.2, 0.25) is 5.91 Å². The first-order chi connectivity index (χ1) is 16.2. The summed E-state index contributed by atoms with van der Waals surface area (Å²) in [5, 5.41) is 7.59. The molecule has 2 unspecified atom stereocenters. The first kappa shape index (κ1) is 23.5. The van der Waals surface area contributed by atoms with E-state index < -0.39 is 17.5 Å². The third-order valence-corrected chi connectivity index (χ3v) is 6.41. The second-order valence-corrected chi connectivity index (χ2v) is 9.60. The smallest absolute Gasteiger partial charge is 0.325 e. The standard InChI is InChI=1S/C28H31N3O3/c1-18(2)16-20-12-14-21(15-13-20)19(3)29-25(32)17-31-26(33)28(4,30-27(31)34)24-11-7-9-22-8-5-6-10-23(22)24/h5-15,18-19H,16-17H2,1-4H3,(H,29,32)(H,30,34). The molecular formula is C28H31N3O3. The number of urea groups is 1. The molecule has 1 aliphatic rings. The van der Waals surface area contributed by atoms with Crippen LogP contribution < -0.4 is 10.6 Å². The average Bonchev–Trinajstić information content (AvgIpc) is 3.02. The van der Waals surface area contributed by atoms with Gasteiger partial charge < -0.3 is 10.6 Å². The summed E-state index contributed by atoms with van der Waals surface area (Å²) in [5.41, 5.74) is 1.69. The van der Waals surface area contributed by atoms with E-state index >= 15 is 0 Å². The van der Waals surface area contributed by atoms with Gasteiger partial charge in [-0.15, -0.1) is 0 Å². The molecule has 1 heterocycles. The third-order valence-electron chi connectivity index (χ3n) is 6.41. The second-order valence-electron chi connectivity index (χ2n) is 9.60. The zero-order chi connectivity index (χ0) is 24.5. The highest BCUT2D eigenvalue weighted by Crippen LogP contribution is 2.33. The highest BCUT2D eigenvalue weighted by molar-refractivity contribution is 6.10. The Balaban J connectivity index is 1.46. The largest absolute Gasteiger partial charge is 0.348 e. The van der Waals surface area contributed by atoms with E-state index in [-0.39, 0.29) is 18.5 Å². The van der Waals surface area contributed by atoms with Crippen LogP contribution in [0.3, 0.4) is 0 Å². The van der Waals surface area contributed by atoms with Crippen LogP contribution in [0.25, 0.3) is 10.8 Å². The SMILES string of the molecule is CC(C)Cc1ccc(C(C)NC(=O)CN2C(=O)NC(C)(c3cccc4ccccc34)C2=O)cc1. The average molecular weight is 458 g/mol. The molecule has 3 aromatic rings. The van der Waals surface area contributed by atoms with E-state index in [1.54, 1.807) is 6.92 Å². The molecule has 3 aromatic carbocycles. The van der Waals surface area contributed by atoms with E-state index in [1.165, 1.54) is 5.56 Å². The van der Waals surface area contributed by atoms with E-state index in [4.69, 9.17) is 0 Å². The van der Waals surface area contributed by atoms with Crippen molar-refractivity contribution in [2.24, 2.45) is 5.92 Å². The number of hydrogen-bond donors (Lipinski definition) is 2. The van der Waals surface area contributed by atoms with Gasteiger partial charge in [-0.05, 0) is 53.6 Å². The Bertz CT molecular complexity index is 1230. The van der Waals surface area contributed by atoms with Crippen molar-refractivity contribution in [1.82, 2.24) is 15.5 Å².